The molecule has 1 N–H and O–H groups in total. The molecule has 8 nitrogen and oxygen atoms in total. The number of nitrogens with zero attached hydrogens (tertiary/aromatic N) is 3. The summed E-state index contributed by atoms with van der Waals surface area (Å²) in [5.74, 6) is -0.00628. The molecule has 4 rings (SSSR count). The number of benzene rings is 1. The molecular weight excluding hydrogens is 468 g/mol. The van der Waals surface area contributed by atoms with E-state index in [1.165, 1.54) is 0 Å². The Balaban J connectivity index is 1.66. The smallest absolute Gasteiger partial charge is 0.338 e. The molecule has 188 valence electrons. The molecule has 0 radical (unpaired) electrons. The zero-order valence-corrected chi connectivity index (χ0v) is 20.9. The van der Waals surface area contributed by atoms with Crippen LogP contribution in [-0.2, 0) is 14.3 Å². The first-order chi connectivity index (χ1) is 16.9. The first kappa shape index (κ1) is 25.3. The highest BCUT2D eigenvalue weighted by atomic mass is 35.5. The first-order valence-electron chi connectivity index (χ1n) is 12.3. The quantitative estimate of drug-likeness (QED) is 0.437. The third kappa shape index (κ3) is 5.87. The Morgan fingerprint density at radius 1 is 1.17 bits per heavy atom. The van der Waals surface area contributed by atoms with Gasteiger partial charge < -0.3 is 15.0 Å². The number of amides is 3. The van der Waals surface area contributed by atoms with Gasteiger partial charge in [0.1, 0.15) is 0 Å². The van der Waals surface area contributed by atoms with E-state index < -0.39 is 12.0 Å². The van der Waals surface area contributed by atoms with Crippen LogP contribution in [0.25, 0.3) is 0 Å². The molecule has 0 aromatic heterocycles. The van der Waals surface area contributed by atoms with Gasteiger partial charge in [-0.05, 0) is 43.9 Å². The molecule has 1 saturated carbocycles. The molecule has 1 saturated heterocycles. The zero-order valence-electron chi connectivity index (χ0n) is 20.2. The standard InChI is InChI=1S/C26H33ClN4O4/c1-3-12-31-21(17-29-13-5-14-30(16-15-29)24(32)19-6-7-19)22(25(33)35-4-2)23(28-26(31)34)18-8-10-20(27)11-9-18/h3,8-11,19,23H,1,4-7,12-17H2,2H3,(H,28,34). The van der Waals surface area contributed by atoms with Crippen molar-refractivity contribution in [3.05, 3.63) is 58.8 Å². The van der Waals surface area contributed by atoms with Crippen LogP contribution in [0, 0.1) is 5.92 Å². The van der Waals surface area contributed by atoms with E-state index in [1.54, 1.807) is 42.2 Å². The maximum Gasteiger partial charge on any atom is 0.338 e. The number of esters is 1. The van der Waals surface area contributed by atoms with Crippen LogP contribution in [0.4, 0.5) is 4.79 Å². The highest BCUT2D eigenvalue weighted by Gasteiger charge is 2.39. The van der Waals surface area contributed by atoms with E-state index in [1.807, 2.05) is 4.90 Å². The van der Waals surface area contributed by atoms with Crippen molar-refractivity contribution in [1.82, 2.24) is 20.0 Å². The second kappa shape index (κ2) is 11.3. The molecule has 1 atom stereocenters. The maximum absolute atomic E-state index is 13.3. The summed E-state index contributed by atoms with van der Waals surface area (Å²) in [7, 11) is 0. The molecular formula is C26H33ClN4O4. The molecule has 2 fully saturated rings. The van der Waals surface area contributed by atoms with Crippen molar-refractivity contribution in [3.63, 3.8) is 0 Å². The largest absolute Gasteiger partial charge is 0.463 e. The van der Waals surface area contributed by atoms with Crippen LogP contribution >= 0.6 is 11.6 Å². The van der Waals surface area contributed by atoms with Gasteiger partial charge in [0.15, 0.2) is 0 Å². The Hall–Kier alpha value is -2.84. The number of nitrogens with one attached hydrogen (secondary N) is 1. The molecule has 9 heteroatoms. The topological polar surface area (TPSA) is 82.2 Å². The Morgan fingerprint density at radius 3 is 2.57 bits per heavy atom. The van der Waals surface area contributed by atoms with Gasteiger partial charge in [0.25, 0.3) is 0 Å². The fourth-order valence-electron chi connectivity index (χ4n) is 4.70. The Bertz CT molecular complexity index is 1010. The molecule has 1 aromatic rings. The van der Waals surface area contributed by atoms with Gasteiger partial charge in [0.05, 0.1) is 18.2 Å². The van der Waals surface area contributed by atoms with E-state index in [0.29, 0.717) is 35.9 Å². The molecule has 0 bridgehead atoms. The van der Waals surface area contributed by atoms with Crippen LogP contribution in [0.5, 0.6) is 0 Å². The first-order valence-corrected chi connectivity index (χ1v) is 12.7. The lowest BCUT2D eigenvalue weighted by Crippen LogP contribution is -2.51. The van der Waals surface area contributed by atoms with E-state index in [4.69, 9.17) is 16.3 Å². The van der Waals surface area contributed by atoms with Crippen molar-refractivity contribution < 1.29 is 19.1 Å². The fraction of sp³-hybridized carbons (Fsp3) is 0.500. The predicted octanol–water partition coefficient (Wildman–Crippen LogP) is 3.35. The average molecular weight is 501 g/mol. The van der Waals surface area contributed by atoms with Crippen molar-refractivity contribution in [2.75, 3.05) is 45.9 Å². The number of carbonyl (C=O) groups is 3. The number of hydrogen-bond acceptors (Lipinski definition) is 5. The highest BCUT2D eigenvalue weighted by molar-refractivity contribution is 6.30. The molecule has 2 heterocycles. The van der Waals surface area contributed by atoms with E-state index in [-0.39, 0.29) is 31.0 Å². The second-order valence-corrected chi connectivity index (χ2v) is 9.58. The van der Waals surface area contributed by atoms with Crippen LogP contribution in [0.2, 0.25) is 5.02 Å². The van der Waals surface area contributed by atoms with Crippen LogP contribution in [0.1, 0.15) is 37.8 Å². The summed E-state index contributed by atoms with van der Waals surface area (Å²) in [6, 6.07) is 6.13. The maximum atomic E-state index is 13.3. The van der Waals surface area contributed by atoms with Gasteiger partial charge in [-0.15, -0.1) is 6.58 Å². The van der Waals surface area contributed by atoms with Crippen LogP contribution in [0.3, 0.4) is 0 Å². The van der Waals surface area contributed by atoms with Gasteiger partial charge in [-0.1, -0.05) is 29.8 Å². The van der Waals surface area contributed by atoms with Crippen molar-refractivity contribution in [2.24, 2.45) is 5.92 Å². The predicted molar refractivity (Wildman–Crippen MR) is 134 cm³/mol. The Kier molecular flexibility index (Phi) is 8.13. The summed E-state index contributed by atoms with van der Waals surface area (Å²) in [6.45, 7) is 9.26. The zero-order chi connectivity index (χ0) is 24.9. The Labute approximate surface area is 211 Å². The number of ether oxygens (including phenoxy) is 1. The minimum Gasteiger partial charge on any atom is -0.463 e. The lowest BCUT2D eigenvalue weighted by molar-refractivity contribution is -0.139. The molecule has 35 heavy (non-hydrogen) atoms. The van der Waals surface area contributed by atoms with E-state index in [2.05, 4.69) is 16.8 Å². The third-order valence-electron chi connectivity index (χ3n) is 6.65. The van der Waals surface area contributed by atoms with E-state index in [0.717, 1.165) is 37.9 Å². The number of hydrogen-bond donors (Lipinski definition) is 1. The highest BCUT2D eigenvalue weighted by Crippen LogP contribution is 2.33. The van der Waals surface area contributed by atoms with Crippen LogP contribution in [0.15, 0.2) is 48.2 Å². The van der Waals surface area contributed by atoms with Gasteiger partial charge in [0, 0.05) is 55.9 Å². The lowest BCUT2D eigenvalue weighted by Gasteiger charge is -2.38. The van der Waals surface area contributed by atoms with Crippen molar-refractivity contribution >= 4 is 29.5 Å². The number of urea groups is 1. The lowest BCUT2D eigenvalue weighted by atomic mass is 9.94. The van der Waals surface area contributed by atoms with Crippen LogP contribution in [-0.4, -0.2) is 78.5 Å². The van der Waals surface area contributed by atoms with Crippen LogP contribution < -0.4 is 5.32 Å². The second-order valence-electron chi connectivity index (χ2n) is 9.14. The minimum atomic E-state index is -0.658. The fourth-order valence-corrected chi connectivity index (χ4v) is 4.83. The van der Waals surface area contributed by atoms with E-state index >= 15 is 0 Å². The minimum absolute atomic E-state index is 0.199. The molecule has 3 amide bonds. The third-order valence-corrected chi connectivity index (χ3v) is 6.90. The molecule has 1 aliphatic carbocycles. The summed E-state index contributed by atoms with van der Waals surface area (Å²) in [5.41, 5.74) is 1.76. The van der Waals surface area contributed by atoms with E-state index in [9.17, 15) is 14.4 Å². The van der Waals surface area contributed by atoms with Crippen molar-refractivity contribution in [1.29, 1.82) is 0 Å². The Morgan fingerprint density at radius 2 is 1.91 bits per heavy atom. The monoisotopic (exact) mass is 500 g/mol. The summed E-state index contributed by atoms with van der Waals surface area (Å²) in [6.07, 6.45) is 4.47. The normalized spacial score (nSPS) is 21.4. The van der Waals surface area contributed by atoms with Crippen molar-refractivity contribution in [3.8, 4) is 0 Å². The number of carbonyl (C=O) groups excluding carboxylic acids is 3. The van der Waals surface area contributed by atoms with Gasteiger partial charge in [-0.2, -0.15) is 0 Å². The molecule has 1 aromatic carbocycles. The summed E-state index contributed by atoms with van der Waals surface area (Å²) in [5, 5.41) is 3.53. The van der Waals surface area contributed by atoms with Gasteiger partial charge >= 0.3 is 12.0 Å². The molecule has 0 spiro atoms. The molecule has 2 aliphatic heterocycles. The summed E-state index contributed by atoms with van der Waals surface area (Å²) < 4.78 is 5.45. The van der Waals surface area contributed by atoms with Gasteiger partial charge in [-0.25, -0.2) is 9.59 Å². The number of rotatable bonds is 8. The van der Waals surface area contributed by atoms with Gasteiger partial charge in [-0.3, -0.25) is 14.6 Å². The summed E-state index contributed by atoms with van der Waals surface area (Å²) in [4.78, 5) is 44.8. The molecule has 3 aliphatic rings. The van der Waals surface area contributed by atoms with Crippen molar-refractivity contribution in [2.45, 2.75) is 32.2 Å². The molecule has 1 unspecified atom stereocenters. The number of halogens is 1. The average Bonchev–Trinajstić information content (AvgIpc) is 3.69. The SMILES string of the molecule is C=CCN1C(=O)NC(c2ccc(Cl)cc2)C(C(=O)OCC)=C1CN1CCCN(C(=O)C2CC2)CC1. The summed E-state index contributed by atoms with van der Waals surface area (Å²) >= 11 is 6.08. The van der Waals surface area contributed by atoms with Gasteiger partial charge in [0.2, 0.25) is 5.91 Å².